The zero-order valence-corrected chi connectivity index (χ0v) is 12.8. The molecule has 0 aliphatic rings. The fourth-order valence-corrected chi connectivity index (χ4v) is 1.84. The molecule has 1 aromatic carbocycles. The predicted molar refractivity (Wildman–Crippen MR) is 56.5 cm³/mol. The molecule has 0 aromatic heterocycles. The Morgan fingerprint density at radius 2 is 1.73 bits per heavy atom. The maximum atomic E-state index is 10.6. The van der Waals surface area contributed by atoms with Crippen molar-refractivity contribution < 1.29 is 42.5 Å². The third-order valence-electron chi connectivity index (χ3n) is 1.81. The molecule has 1 aromatic rings. The van der Waals surface area contributed by atoms with E-state index in [-0.39, 0.29) is 34.5 Å². The quantitative estimate of drug-likeness (QED) is 0.404. The summed E-state index contributed by atoms with van der Waals surface area (Å²) < 4.78 is 31.8. The van der Waals surface area contributed by atoms with Gasteiger partial charge in [-0.3, -0.25) is 0 Å². The van der Waals surface area contributed by atoms with E-state index in [1.165, 1.54) is 12.1 Å². The second-order valence-corrected chi connectivity index (χ2v) is 5.06. The standard InChI is InChI=1S/C9H11BrO3S.Na/c10-7-1-2-8-3-5-9(6-4-8)14(11,12)13;/h3-6H,1-2,7H2,(H,11,12,13);/q;+1/p-1. The Labute approximate surface area is 120 Å². The molecule has 0 unspecified atom stereocenters. The zero-order chi connectivity index (χ0) is 10.6. The molecule has 0 spiro atoms. The summed E-state index contributed by atoms with van der Waals surface area (Å²) in [5.41, 5.74) is 1.04. The van der Waals surface area contributed by atoms with Crippen molar-refractivity contribution in [3.8, 4) is 0 Å². The Morgan fingerprint density at radius 3 is 2.13 bits per heavy atom. The van der Waals surface area contributed by atoms with Gasteiger partial charge in [0.2, 0.25) is 0 Å². The average Bonchev–Trinajstić information content (AvgIpc) is 2.14. The van der Waals surface area contributed by atoms with Crippen LogP contribution in [0.25, 0.3) is 0 Å². The molecular formula is C9H10BrNaO3S. The third-order valence-corrected chi connectivity index (χ3v) is 3.22. The van der Waals surface area contributed by atoms with Gasteiger partial charge in [-0.1, -0.05) is 28.1 Å². The molecule has 0 N–H and O–H groups in total. The molecule has 0 fully saturated rings. The molecule has 0 aliphatic heterocycles. The van der Waals surface area contributed by atoms with Crippen LogP contribution in [0.1, 0.15) is 12.0 Å². The first kappa shape index (κ1) is 15.6. The monoisotopic (exact) mass is 300 g/mol. The fourth-order valence-electron chi connectivity index (χ4n) is 1.09. The molecule has 1 rings (SSSR count). The summed E-state index contributed by atoms with van der Waals surface area (Å²) in [4.78, 5) is -0.167. The van der Waals surface area contributed by atoms with Crippen molar-refractivity contribution in [3.05, 3.63) is 29.8 Å². The van der Waals surface area contributed by atoms with Crippen LogP contribution >= 0.6 is 15.9 Å². The number of benzene rings is 1. The van der Waals surface area contributed by atoms with Crippen molar-refractivity contribution in [1.82, 2.24) is 0 Å². The summed E-state index contributed by atoms with van der Waals surface area (Å²) in [6.07, 6.45) is 1.87. The zero-order valence-electron chi connectivity index (χ0n) is 8.44. The van der Waals surface area contributed by atoms with Gasteiger partial charge in [-0.2, -0.15) is 0 Å². The summed E-state index contributed by atoms with van der Waals surface area (Å²) in [5, 5.41) is 0.911. The number of alkyl halides is 1. The van der Waals surface area contributed by atoms with E-state index in [0.717, 1.165) is 23.7 Å². The van der Waals surface area contributed by atoms with Gasteiger partial charge in [0.15, 0.2) is 0 Å². The smallest absolute Gasteiger partial charge is 0.744 e. The van der Waals surface area contributed by atoms with Crippen molar-refractivity contribution in [1.29, 1.82) is 0 Å². The van der Waals surface area contributed by atoms with Crippen LogP contribution in [-0.4, -0.2) is 18.3 Å². The first-order valence-corrected chi connectivity index (χ1v) is 6.68. The van der Waals surface area contributed by atoms with Crippen LogP contribution in [-0.2, 0) is 16.5 Å². The maximum Gasteiger partial charge on any atom is 1.00 e. The molecule has 78 valence electrons. The molecule has 15 heavy (non-hydrogen) atoms. The van der Waals surface area contributed by atoms with E-state index in [9.17, 15) is 13.0 Å². The molecular weight excluding hydrogens is 291 g/mol. The third kappa shape index (κ3) is 5.47. The number of rotatable bonds is 4. The molecule has 6 heteroatoms. The van der Waals surface area contributed by atoms with E-state index < -0.39 is 10.1 Å². The summed E-state index contributed by atoms with van der Waals surface area (Å²) in [7, 11) is -4.30. The van der Waals surface area contributed by atoms with E-state index in [4.69, 9.17) is 0 Å². The van der Waals surface area contributed by atoms with Crippen LogP contribution < -0.4 is 29.6 Å². The van der Waals surface area contributed by atoms with Gasteiger partial charge in [-0.25, -0.2) is 8.42 Å². The Bertz CT molecular complexity index is 388. The van der Waals surface area contributed by atoms with E-state index >= 15 is 0 Å². The molecule has 0 bridgehead atoms. The second kappa shape index (κ2) is 7.04. The van der Waals surface area contributed by atoms with Crippen molar-refractivity contribution in [2.75, 3.05) is 5.33 Å². The predicted octanol–water partition coefficient (Wildman–Crippen LogP) is -1.08. The first-order chi connectivity index (χ1) is 6.54. The minimum atomic E-state index is -4.30. The number of hydrogen-bond donors (Lipinski definition) is 0. The topological polar surface area (TPSA) is 57.2 Å². The summed E-state index contributed by atoms with van der Waals surface area (Å²) in [6, 6.07) is 6.05. The van der Waals surface area contributed by atoms with Crippen molar-refractivity contribution in [2.45, 2.75) is 17.7 Å². The molecule has 0 radical (unpaired) electrons. The van der Waals surface area contributed by atoms with E-state index in [0.29, 0.717) is 0 Å². The molecule has 0 heterocycles. The van der Waals surface area contributed by atoms with E-state index in [1.807, 2.05) is 0 Å². The molecule has 0 aliphatic carbocycles. The number of aryl methyl sites for hydroxylation is 1. The van der Waals surface area contributed by atoms with Crippen LogP contribution in [0.4, 0.5) is 0 Å². The van der Waals surface area contributed by atoms with Crippen LogP contribution in [0.5, 0.6) is 0 Å². The van der Waals surface area contributed by atoms with Gasteiger partial charge in [0.05, 0.1) is 4.90 Å². The minimum Gasteiger partial charge on any atom is -0.744 e. The normalized spacial score (nSPS) is 10.8. The van der Waals surface area contributed by atoms with Gasteiger partial charge in [-0.15, -0.1) is 0 Å². The fraction of sp³-hybridized carbons (Fsp3) is 0.333. The van der Waals surface area contributed by atoms with Crippen LogP contribution in [0.15, 0.2) is 29.2 Å². The molecule has 0 saturated carbocycles. The van der Waals surface area contributed by atoms with Crippen molar-refractivity contribution in [3.63, 3.8) is 0 Å². The van der Waals surface area contributed by atoms with Gasteiger partial charge < -0.3 is 4.55 Å². The van der Waals surface area contributed by atoms with Gasteiger partial charge in [-0.05, 0) is 30.5 Å². The van der Waals surface area contributed by atoms with Crippen LogP contribution in [0.2, 0.25) is 0 Å². The number of halogens is 1. The molecule has 0 amide bonds. The molecule has 3 nitrogen and oxygen atoms in total. The number of hydrogen-bond acceptors (Lipinski definition) is 3. The average molecular weight is 301 g/mol. The van der Waals surface area contributed by atoms with Gasteiger partial charge in [0.1, 0.15) is 10.1 Å². The Balaban J connectivity index is 0.00000196. The maximum absolute atomic E-state index is 10.6. The van der Waals surface area contributed by atoms with Gasteiger partial charge in [0, 0.05) is 5.33 Å². The van der Waals surface area contributed by atoms with Crippen molar-refractivity contribution >= 4 is 26.0 Å². The SMILES string of the molecule is O=S(=O)([O-])c1ccc(CCCBr)cc1.[Na+]. The molecule has 0 saturated heterocycles. The van der Waals surface area contributed by atoms with Crippen LogP contribution in [0.3, 0.4) is 0 Å². The van der Waals surface area contributed by atoms with Crippen molar-refractivity contribution in [2.24, 2.45) is 0 Å². The summed E-state index contributed by atoms with van der Waals surface area (Å²) in [5.74, 6) is 0. The minimum absolute atomic E-state index is 0. The Morgan fingerprint density at radius 1 is 1.20 bits per heavy atom. The van der Waals surface area contributed by atoms with Crippen LogP contribution in [0, 0.1) is 0 Å². The summed E-state index contributed by atoms with van der Waals surface area (Å²) >= 11 is 3.31. The Kier molecular flexibility index (Phi) is 7.32. The largest absolute Gasteiger partial charge is 1.00 e. The Hall–Kier alpha value is 0.610. The van der Waals surface area contributed by atoms with Gasteiger partial charge >= 0.3 is 29.6 Å². The first-order valence-electron chi connectivity index (χ1n) is 4.15. The molecule has 0 atom stereocenters. The van der Waals surface area contributed by atoms with Gasteiger partial charge in [0.25, 0.3) is 0 Å². The summed E-state index contributed by atoms with van der Waals surface area (Å²) in [6.45, 7) is 0. The van der Waals surface area contributed by atoms with E-state index in [1.54, 1.807) is 12.1 Å². The van der Waals surface area contributed by atoms with E-state index in [2.05, 4.69) is 15.9 Å². The second-order valence-electron chi connectivity index (χ2n) is 2.89.